The molecule has 8 heteroatoms. The summed E-state index contributed by atoms with van der Waals surface area (Å²) in [6, 6.07) is 9.66. The van der Waals surface area contributed by atoms with E-state index in [0.717, 1.165) is 28.7 Å². The Hall–Kier alpha value is -0.650. The van der Waals surface area contributed by atoms with Crippen molar-refractivity contribution in [2.75, 3.05) is 16.8 Å². The number of nitrogens with one attached hydrogen (secondary N) is 1. The van der Waals surface area contributed by atoms with Crippen molar-refractivity contribution in [1.82, 2.24) is 0 Å². The number of hydrogen-bond acceptors (Lipinski definition) is 3. The number of alkyl halides is 3. The lowest BCUT2D eigenvalue weighted by molar-refractivity contribution is -0.115. The van der Waals surface area contributed by atoms with Gasteiger partial charge in [-0.2, -0.15) is 0 Å². The van der Waals surface area contributed by atoms with Gasteiger partial charge in [0, 0.05) is 22.8 Å². The minimum Gasteiger partial charge on any atom is -0.367 e. The van der Waals surface area contributed by atoms with Crippen LogP contribution in [0.3, 0.4) is 0 Å². The molecule has 2 rings (SSSR count). The number of anilines is 2. The molecule has 1 heterocycles. The van der Waals surface area contributed by atoms with Crippen LogP contribution >= 0.6 is 57.7 Å². The minimum atomic E-state index is -1.99. The summed E-state index contributed by atoms with van der Waals surface area (Å²) in [5.41, 5.74) is 2.55. The predicted molar refractivity (Wildman–Crippen MR) is 106 cm³/mol. The largest absolute Gasteiger partial charge is 0.367 e. The summed E-state index contributed by atoms with van der Waals surface area (Å²) in [6.07, 6.45) is 0. The molecular formula is C16H16Cl4N2OS. The summed E-state index contributed by atoms with van der Waals surface area (Å²) >= 11 is 24.3. The minimum absolute atomic E-state index is 0.616. The van der Waals surface area contributed by atoms with E-state index in [-0.39, 0.29) is 0 Å². The van der Waals surface area contributed by atoms with Crippen LogP contribution in [0.1, 0.15) is 17.4 Å². The number of nitrogens with zero attached hydrogens (tertiary/aromatic N) is 1. The molecule has 0 saturated carbocycles. The van der Waals surface area contributed by atoms with Crippen LogP contribution in [0.4, 0.5) is 11.4 Å². The van der Waals surface area contributed by atoms with E-state index in [1.807, 2.05) is 37.3 Å². The van der Waals surface area contributed by atoms with E-state index in [1.165, 1.54) is 4.88 Å². The number of hydrogen-bond donors (Lipinski definition) is 1. The molecule has 1 amide bonds. The molecule has 1 aromatic carbocycles. The van der Waals surface area contributed by atoms with Crippen molar-refractivity contribution in [2.45, 2.75) is 24.2 Å². The van der Waals surface area contributed by atoms with E-state index in [4.69, 9.17) is 46.4 Å². The first kappa shape index (κ1) is 19.7. The second-order valence-corrected chi connectivity index (χ2v) is 9.25. The molecule has 0 atom stereocenters. The topological polar surface area (TPSA) is 32.3 Å². The van der Waals surface area contributed by atoms with E-state index < -0.39 is 9.70 Å². The maximum absolute atomic E-state index is 11.8. The third-order valence-corrected chi connectivity index (χ3v) is 5.17. The van der Waals surface area contributed by atoms with Crippen molar-refractivity contribution in [3.05, 3.63) is 45.1 Å². The third kappa shape index (κ3) is 5.17. The molecule has 1 N–H and O–H groups in total. The Morgan fingerprint density at radius 3 is 2.46 bits per heavy atom. The van der Waals surface area contributed by atoms with Gasteiger partial charge >= 0.3 is 0 Å². The Labute approximate surface area is 165 Å². The summed E-state index contributed by atoms with van der Waals surface area (Å²) in [6.45, 7) is 5.60. The van der Waals surface area contributed by atoms with Crippen molar-refractivity contribution in [3.8, 4) is 0 Å². The molecule has 0 spiro atoms. The lowest BCUT2D eigenvalue weighted by atomic mass is 10.1. The molecule has 2 aromatic rings. The van der Waals surface area contributed by atoms with Crippen LogP contribution in [0.2, 0.25) is 4.34 Å². The van der Waals surface area contributed by atoms with Gasteiger partial charge in [0.25, 0.3) is 9.70 Å². The van der Waals surface area contributed by atoms with Crippen LogP contribution in [0.25, 0.3) is 0 Å². The van der Waals surface area contributed by atoms with Crippen molar-refractivity contribution in [2.24, 2.45) is 0 Å². The first-order chi connectivity index (χ1) is 11.2. The second-order valence-electron chi connectivity index (χ2n) is 5.17. The Balaban J connectivity index is 2.16. The van der Waals surface area contributed by atoms with Crippen LogP contribution in [-0.2, 0) is 11.3 Å². The fourth-order valence-electron chi connectivity index (χ4n) is 2.19. The normalized spacial score (nSPS) is 11.4. The van der Waals surface area contributed by atoms with Gasteiger partial charge in [0.05, 0.1) is 10.9 Å². The first-order valence-electron chi connectivity index (χ1n) is 7.18. The molecule has 0 unspecified atom stereocenters. The van der Waals surface area contributed by atoms with Crippen molar-refractivity contribution in [3.63, 3.8) is 0 Å². The Morgan fingerprint density at radius 1 is 1.25 bits per heavy atom. The van der Waals surface area contributed by atoms with Gasteiger partial charge < -0.3 is 10.2 Å². The summed E-state index contributed by atoms with van der Waals surface area (Å²) in [4.78, 5) is 15.2. The molecule has 3 nitrogen and oxygen atoms in total. The van der Waals surface area contributed by atoms with Crippen molar-refractivity contribution < 1.29 is 4.79 Å². The van der Waals surface area contributed by atoms with E-state index in [2.05, 4.69) is 17.1 Å². The number of thiophene rings is 1. The third-order valence-electron chi connectivity index (χ3n) is 3.44. The van der Waals surface area contributed by atoms with Crippen LogP contribution in [0.15, 0.2) is 30.3 Å². The molecule has 0 fully saturated rings. The molecule has 130 valence electrons. The summed E-state index contributed by atoms with van der Waals surface area (Å²) in [7, 11) is 0. The van der Waals surface area contributed by atoms with Gasteiger partial charge in [0.1, 0.15) is 0 Å². The zero-order valence-electron chi connectivity index (χ0n) is 13.1. The molecule has 0 bridgehead atoms. The van der Waals surface area contributed by atoms with Gasteiger partial charge in [-0.3, -0.25) is 4.79 Å². The molecule has 0 aliphatic heterocycles. The van der Waals surface area contributed by atoms with Gasteiger partial charge in [-0.15, -0.1) is 11.3 Å². The van der Waals surface area contributed by atoms with E-state index in [1.54, 1.807) is 11.3 Å². The van der Waals surface area contributed by atoms with Crippen molar-refractivity contribution in [1.29, 1.82) is 0 Å². The zero-order valence-corrected chi connectivity index (χ0v) is 16.9. The smallest absolute Gasteiger partial charge is 0.276 e. The van der Waals surface area contributed by atoms with E-state index >= 15 is 0 Å². The quantitative estimate of drug-likeness (QED) is 0.591. The van der Waals surface area contributed by atoms with Gasteiger partial charge in [0.15, 0.2) is 0 Å². The number of benzene rings is 1. The SMILES string of the molecule is CCN(Cc1ccc(Cl)s1)c1ccc(NC(=O)C(Cl)(Cl)Cl)c(C)c1. The maximum Gasteiger partial charge on any atom is 0.276 e. The number of aryl methyl sites for hydroxylation is 1. The van der Waals surface area contributed by atoms with Crippen LogP contribution < -0.4 is 10.2 Å². The summed E-state index contributed by atoms with van der Waals surface area (Å²) < 4.78 is -1.21. The monoisotopic (exact) mass is 424 g/mol. The second kappa shape index (κ2) is 8.15. The average Bonchev–Trinajstić information content (AvgIpc) is 2.91. The lowest BCUT2D eigenvalue weighted by Crippen LogP contribution is -2.27. The van der Waals surface area contributed by atoms with Gasteiger partial charge in [-0.1, -0.05) is 46.4 Å². The number of amides is 1. The molecular weight excluding hydrogens is 410 g/mol. The van der Waals surface area contributed by atoms with Crippen molar-refractivity contribution >= 4 is 75.0 Å². The average molecular weight is 426 g/mol. The maximum atomic E-state index is 11.8. The number of rotatable bonds is 5. The van der Waals surface area contributed by atoms with Gasteiger partial charge in [0.2, 0.25) is 0 Å². The number of carbonyl (C=O) groups excluding carboxylic acids is 1. The van der Waals surface area contributed by atoms with Crippen LogP contribution in [0.5, 0.6) is 0 Å². The highest BCUT2D eigenvalue weighted by molar-refractivity contribution is 7.16. The number of halogens is 4. The Kier molecular flexibility index (Phi) is 6.68. The lowest BCUT2D eigenvalue weighted by Gasteiger charge is -2.24. The highest BCUT2D eigenvalue weighted by Crippen LogP contribution is 2.30. The standard InChI is InChI=1S/C16H16Cl4N2OS/c1-3-22(9-12-5-7-14(17)24-12)11-4-6-13(10(2)8-11)21-15(23)16(18,19)20/h4-8H,3,9H2,1-2H3,(H,21,23). The molecule has 24 heavy (non-hydrogen) atoms. The zero-order chi connectivity index (χ0) is 17.9. The summed E-state index contributed by atoms with van der Waals surface area (Å²) in [5, 5.41) is 2.62. The van der Waals surface area contributed by atoms with E-state index in [9.17, 15) is 4.79 Å². The Bertz CT molecular complexity index is 727. The highest BCUT2D eigenvalue weighted by atomic mass is 35.6. The summed E-state index contributed by atoms with van der Waals surface area (Å²) in [5.74, 6) is -0.677. The van der Waals surface area contributed by atoms with Crippen LogP contribution in [0, 0.1) is 6.92 Å². The molecule has 0 aliphatic rings. The molecule has 0 aliphatic carbocycles. The van der Waals surface area contributed by atoms with Crippen LogP contribution in [-0.4, -0.2) is 16.2 Å². The molecule has 0 saturated heterocycles. The first-order valence-corrected chi connectivity index (χ1v) is 9.51. The predicted octanol–water partition coefficient (Wildman–Crippen LogP) is 6.05. The fraction of sp³-hybridized carbons (Fsp3) is 0.312. The van der Waals surface area contributed by atoms with E-state index in [0.29, 0.717) is 5.69 Å². The van der Waals surface area contributed by atoms with Gasteiger partial charge in [-0.25, -0.2) is 0 Å². The fourth-order valence-corrected chi connectivity index (χ4v) is 3.43. The van der Waals surface area contributed by atoms with Gasteiger partial charge in [-0.05, 0) is 49.7 Å². The Morgan fingerprint density at radius 2 is 1.96 bits per heavy atom. The molecule has 0 radical (unpaired) electrons. The highest BCUT2D eigenvalue weighted by Gasteiger charge is 2.30. The number of carbonyl (C=O) groups is 1. The molecule has 1 aromatic heterocycles.